The lowest BCUT2D eigenvalue weighted by Crippen LogP contribution is -2.60. The SMILES string of the molecule is CC(C)C[C@H](NC(=O)[C@@H](NC(=O)CCCNC(=O)[C@H](Cc1ccccc1)NC(=O)[C@H](CCC(=O)O)NC(=O)[C@H](Cc1ccccc1)NC[C@H](Cc1ccccc1)NC(=O)OC(C)(C)C)[C@@H](C)O)C(=O)N[C@@H](CC(N)=O)C(=O)N[C@@H](Cc1ccccc1)C(=O)O. The first-order chi connectivity index (χ1) is 42.2. The molecule has 0 radical (unpaired) electrons. The molecule has 4 aromatic carbocycles. The molecule has 0 fully saturated rings. The second-order valence-electron chi connectivity index (χ2n) is 23.1. The highest BCUT2D eigenvalue weighted by Gasteiger charge is 2.35. The van der Waals surface area contributed by atoms with Crippen LogP contribution in [0.5, 0.6) is 0 Å². The predicted molar refractivity (Wildman–Crippen MR) is 329 cm³/mol. The zero-order chi connectivity index (χ0) is 65.6. The number of aliphatic hydroxyl groups excluding tert-OH is 1. The van der Waals surface area contributed by atoms with Gasteiger partial charge < -0.3 is 73.6 Å². The van der Waals surface area contributed by atoms with Crippen LogP contribution in [0.15, 0.2) is 121 Å². The molecule has 9 amide bonds. The number of amides is 9. The van der Waals surface area contributed by atoms with Crippen LogP contribution in [0.2, 0.25) is 0 Å². The summed E-state index contributed by atoms with van der Waals surface area (Å²) < 4.78 is 5.54. The number of rotatable bonds is 37. The highest BCUT2D eigenvalue weighted by atomic mass is 16.6. The van der Waals surface area contributed by atoms with Gasteiger partial charge in [-0.25, -0.2) is 9.59 Å². The fourth-order valence-electron chi connectivity index (χ4n) is 9.28. The van der Waals surface area contributed by atoms with Crippen LogP contribution in [0, 0.1) is 5.92 Å². The van der Waals surface area contributed by atoms with Gasteiger partial charge in [0.15, 0.2) is 0 Å². The Bertz CT molecular complexity index is 2970. The van der Waals surface area contributed by atoms with E-state index in [1.54, 1.807) is 107 Å². The molecule has 14 N–H and O–H groups in total. The number of ether oxygens (including phenoxy) is 1. The minimum atomic E-state index is -1.66. The lowest BCUT2D eigenvalue weighted by molar-refractivity contribution is -0.142. The maximum absolute atomic E-state index is 14.4. The summed E-state index contributed by atoms with van der Waals surface area (Å²) >= 11 is 0. The van der Waals surface area contributed by atoms with Crippen LogP contribution in [0.4, 0.5) is 4.79 Å². The van der Waals surface area contributed by atoms with Crippen LogP contribution >= 0.6 is 0 Å². The molecule has 4 aromatic rings. The van der Waals surface area contributed by atoms with Gasteiger partial charge in [0.2, 0.25) is 47.3 Å². The molecule has 0 heterocycles. The Kier molecular flexibility index (Phi) is 29.9. The highest BCUT2D eigenvalue weighted by molar-refractivity contribution is 5.97. The van der Waals surface area contributed by atoms with Gasteiger partial charge in [-0.3, -0.25) is 43.2 Å². The van der Waals surface area contributed by atoms with Crippen LogP contribution < -0.4 is 53.6 Å². The fourth-order valence-corrected chi connectivity index (χ4v) is 9.28. The van der Waals surface area contributed by atoms with Crippen molar-refractivity contribution >= 4 is 65.3 Å². The van der Waals surface area contributed by atoms with Crippen LogP contribution in [0.25, 0.3) is 0 Å². The number of primary amides is 1. The maximum atomic E-state index is 14.4. The van der Waals surface area contributed by atoms with E-state index in [9.17, 15) is 68.1 Å². The summed E-state index contributed by atoms with van der Waals surface area (Å²) in [5.41, 5.74) is 7.46. The summed E-state index contributed by atoms with van der Waals surface area (Å²) in [6, 6.07) is 24.9. The van der Waals surface area contributed by atoms with E-state index in [-0.39, 0.29) is 64.0 Å². The summed E-state index contributed by atoms with van der Waals surface area (Å²) in [5, 5.41) is 54.2. The molecule has 0 aliphatic heterocycles. The molecule has 89 heavy (non-hydrogen) atoms. The Morgan fingerprint density at radius 2 is 0.944 bits per heavy atom. The summed E-state index contributed by atoms with van der Waals surface area (Å²) in [6.45, 7) is 9.79. The molecule has 0 unspecified atom stereocenters. The van der Waals surface area contributed by atoms with Crippen molar-refractivity contribution < 1.29 is 72.8 Å². The molecule has 482 valence electrons. The van der Waals surface area contributed by atoms with E-state index in [1.807, 2.05) is 48.5 Å². The maximum Gasteiger partial charge on any atom is 0.407 e. The molecule has 25 nitrogen and oxygen atoms in total. The Hall–Kier alpha value is -9.23. The van der Waals surface area contributed by atoms with Crippen molar-refractivity contribution in [3.8, 4) is 0 Å². The second-order valence-corrected chi connectivity index (χ2v) is 23.1. The number of alkyl carbamates (subject to hydrolysis) is 1. The van der Waals surface area contributed by atoms with Gasteiger partial charge in [-0.1, -0.05) is 135 Å². The Labute approximate surface area is 518 Å². The molecule has 0 aromatic heterocycles. The van der Waals surface area contributed by atoms with E-state index in [2.05, 4.69) is 47.9 Å². The Morgan fingerprint density at radius 3 is 1.43 bits per heavy atom. The minimum absolute atomic E-state index is 0.0277. The third-order valence-electron chi connectivity index (χ3n) is 13.7. The quantitative estimate of drug-likeness (QED) is 0.0287. The monoisotopic (exact) mass is 1230 g/mol. The zero-order valence-corrected chi connectivity index (χ0v) is 51.1. The molecule has 25 heteroatoms. The number of benzene rings is 4. The van der Waals surface area contributed by atoms with E-state index in [4.69, 9.17) is 10.5 Å². The lowest BCUT2D eigenvalue weighted by atomic mass is 10.0. The number of hydrogen-bond donors (Lipinski definition) is 13. The van der Waals surface area contributed by atoms with Crippen LogP contribution in [-0.4, -0.2) is 154 Å². The molecule has 0 bridgehead atoms. The first-order valence-corrected chi connectivity index (χ1v) is 29.5. The Balaban J connectivity index is 1.44. The van der Waals surface area contributed by atoms with Crippen molar-refractivity contribution in [2.75, 3.05) is 13.1 Å². The van der Waals surface area contributed by atoms with Gasteiger partial charge in [0, 0.05) is 44.8 Å². The first kappa shape index (κ1) is 72.2. The zero-order valence-electron chi connectivity index (χ0n) is 51.1. The van der Waals surface area contributed by atoms with Gasteiger partial charge in [0.1, 0.15) is 41.9 Å². The number of carbonyl (C=O) groups excluding carboxylic acids is 9. The van der Waals surface area contributed by atoms with Gasteiger partial charge in [-0.15, -0.1) is 0 Å². The largest absolute Gasteiger partial charge is 0.481 e. The molecule has 9 atom stereocenters. The highest BCUT2D eigenvalue weighted by Crippen LogP contribution is 2.14. The summed E-state index contributed by atoms with van der Waals surface area (Å²) in [6.07, 6.45) is -3.89. The molecular weight excluding hydrogens is 1150 g/mol. The second kappa shape index (κ2) is 36.8. The minimum Gasteiger partial charge on any atom is -0.481 e. The van der Waals surface area contributed by atoms with Crippen molar-refractivity contribution in [3.05, 3.63) is 144 Å². The third-order valence-corrected chi connectivity index (χ3v) is 13.7. The van der Waals surface area contributed by atoms with Crippen molar-refractivity contribution in [1.29, 1.82) is 0 Å². The number of nitrogens with one attached hydrogen (secondary N) is 9. The summed E-state index contributed by atoms with van der Waals surface area (Å²) in [5.74, 6) is -9.85. The number of carboxylic acids is 2. The van der Waals surface area contributed by atoms with Gasteiger partial charge in [0.05, 0.1) is 18.6 Å². The van der Waals surface area contributed by atoms with Crippen LogP contribution in [0.3, 0.4) is 0 Å². The van der Waals surface area contributed by atoms with E-state index in [0.29, 0.717) is 17.5 Å². The van der Waals surface area contributed by atoms with Gasteiger partial charge >= 0.3 is 18.0 Å². The standard InChI is InChI=1S/C64H86N10O15/c1-39(2)32-48(59(83)71-50(37-52(65)76)60(84)73-51(62(86)87)36-44-26-17-10-18-27-44)72-61(85)55(40(3)75)74-53(77)28-19-31-66-56(80)49(35-43-24-15-9-16-25-43)70-57(81)46(29-30-54(78)79)69-58(82)47(34-42-22-13-8-14-23-42)67-38-45(33-41-20-11-7-12-21-41)68-63(88)89-64(4,5)6/h7-18,20-27,39-40,45-51,55,67,75H,19,28-38H2,1-6H3,(H2,65,76)(H,66,80)(H,68,88)(H,69,82)(H,70,81)(H,71,83)(H,72,85)(H,73,84)(H,74,77)(H,78,79)(H,86,87)/t40-,45+,46+,47+,48+,49+,50+,51+,55+/m1/s1. The molecular formula is C64H86N10O15. The van der Waals surface area contributed by atoms with E-state index < -0.39 is 138 Å². The molecule has 0 aliphatic carbocycles. The predicted octanol–water partition coefficient (Wildman–Crippen LogP) is 1.87. The van der Waals surface area contributed by atoms with Gasteiger partial charge in [-0.05, 0) is 88.0 Å². The van der Waals surface area contributed by atoms with Crippen molar-refractivity contribution in [1.82, 2.24) is 47.9 Å². The number of hydrogen-bond acceptors (Lipinski definition) is 14. The summed E-state index contributed by atoms with van der Waals surface area (Å²) in [7, 11) is 0. The van der Waals surface area contributed by atoms with Gasteiger partial charge in [0.25, 0.3) is 0 Å². The van der Waals surface area contributed by atoms with E-state index >= 15 is 0 Å². The third kappa shape index (κ3) is 28.0. The van der Waals surface area contributed by atoms with Crippen LogP contribution in [-0.2, 0) is 78.4 Å². The Morgan fingerprint density at radius 1 is 0.506 bits per heavy atom. The smallest absolute Gasteiger partial charge is 0.407 e. The average molecular weight is 1240 g/mol. The topological polar surface area (TPSA) is 392 Å². The molecule has 0 saturated heterocycles. The van der Waals surface area contributed by atoms with Crippen molar-refractivity contribution in [3.63, 3.8) is 0 Å². The molecule has 0 aliphatic rings. The summed E-state index contributed by atoms with van der Waals surface area (Å²) in [4.78, 5) is 146. The average Bonchev–Trinajstić information content (AvgIpc) is 3.50. The number of aliphatic hydroxyl groups is 1. The number of carbonyl (C=O) groups is 11. The number of carboxylic acid groups (broad SMARTS) is 2. The first-order valence-electron chi connectivity index (χ1n) is 29.5. The molecule has 4 rings (SSSR count). The molecule has 0 saturated carbocycles. The number of nitrogens with two attached hydrogens (primary N) is 1. The van der Waals surface area contributed by atoms with Gasteiger partial charge in [-0.2, -0.15) is 0 Å². The van der Waals surface area contributed by atoms with Crippen molar-refractivity contribution in [2.24, 2.45) is 11.7 Å². The van der Waals surface area contributed by atoms with E-state index in [0.717, 1.165) is 11.1 Å². The van der Waals surface area contributed by atoms with E-state index in [1.165, 1.54) is 6.92 Å². The number of aliphatic carboxylic acids is 2. The van der Waals surface area contributed by atoms with Crippen LogP contribution in [0.1, 0.15) is 102 Å². The fraction of sp³-hybridized carbons (Fsp3) is 0.453. The van der Waals surface area contributed by atoms with Crippen molar-refractivity contribution in [2.45, 2.75) is 166 Å². The molecule has 0 spiro atoms. The normalized spacial score (nSPS) is 14.2. The lowest BCUT2D eigenvalue weighted by Gasteiger charge is -2.28.